The van der Waals surface area contributed by atoms with Crippen molar-refractivity contribution in [3.05, 3.63) is 89.5 Å². The van der Waals surface area contributed by atoms with Gasteiger partial charge in [-0.05, 0) is 41.0 Å². The molecule has 0 bridgehead atoms. The molecule has 0 amide bonds. The lowest BCUT2D eigenvalue weighted by Gasteiger charge is -2.37. The number of hydrogen-bond acceptors (Lipinski definition) is 5. The first-order valence-corrected chi connectivity index (χ1v) is 10.5. The Kier molecular flexibility index (Phi) is 5.35. The molecule has 31 heavy (non-hydrogen) atoms. The van der Waals surface area contributed by atoms with Crippen molar-refractivity contribution in [2.75, 3.05) is 27.0 Å². The number of piperidine rings is 1. The fourth-order valence-electron chi connectivity index (χ4n) is 4.49. The third-order valence-corrected chi connectivity index (χ3v) is 6.13. The van der Waals surface area contributed by atoms with Crippen molar-refractivity contribution < 1.29 is 19.0 Å². The van der Waals surface area contributed by atoms with Crippen molar-refractivity contribution in [2.24, 2.45) is 0 Å². The van der Waals surface area contributed by atoms with Crippen LogP contribution in [0.1, 0.15) is 28.5 Å². The molecule has 0 aromatic heterocycles. The number of fused-ring (bicyclic) bond motifs is 1. The minimum Gasteiger partial charge on any atom is -0.497 e. The average Bonchev–Trinajstić information content (AvgIpc) is 3.29. The maximum Gasteiger partial charge on any atom is 0.231 e. The van der Waals surface area contributed by atoms with Crippen LogP contribution >= 0.6 is 0 Å². The normalized spacial score (nSPS) is 20.6. The lowest BCUT2D eigenvalue weighted by Crippen LogP contribution is -2.44. The van der Waals surface area contributed by atoms with E-state index in [1.807, 2.05) is 48.5 Å². The summed E-state index contributed by atoms with van der Waals surface area (Å²) in [4.78, 5) is 16.0. The molecule has 0 aliphatic carbocycles. The number of Topliss-reactive ketones (excluding diaryl/α,β-unsaturated/α-hetero) is 1. The molecule has 0 radical (unpaired) electrons. The summed E-state index contributed by atoms with van der Waals surface area (Å²) in [5.41, 5.74) is 3.24. The Bertz CT molecular complexity index is 1060. The summed E-state index contributed by atoms with van der Waals surface area (Å²) in [5.74, 6) is 2.07. The number of ether oxygens (including phenoxy) is 3. The average molecular weight is 415 g/mol. The molecular weight excluding hydrogens is 390 g/mol. The van der Waals surface area contributed by atoms with Gasteiger partial charge in [-0.15, -0.1) is 0 Å². The van der Waals surface area contributed by atoms with Crippen LogP contribution in [-0.2, 0) is 11.3 Å². The summed E-state index contributed by atoms with van der Waals surface area (Å²) in [6.45, 7) is 2.41. The molecule has 2 aliphatic rings. The standard InChI is InChI=1S/C26H25NO4/c1-29-21-10-7-19(8-11-21)22-15-27(14-18-5-3-2-4-6-18)16-23(26(22)28)20-9-12-24-25(13-20)31-17-30-24/h2-13,22-23H,14-17H2,1H3. The molecule has 5 heteroatoms. The Morgan fingerprint density at radius 1 is 0.871 bits per heavy atom. The highest BCUT2D eigenvalue weighted by atomic mass is 16.7. The first-order chi connectivity index (χ1) is 15.2. The van der Waals surface area contributed by atoms with Gasteiger partial charge in [-0.3, -0.25) is 9.69 Å². The Hall–Kier alpha value is -3.31. The molecule has 5 rings (SSSR count). The molecule has 1 saturated heterocycles. The molecule has 0 N–H and O–H groups in total. The van der Waals surface area contributed by atoms with Crippen LogP contribution in [0.3, 0.4) is 0 Å². The zero-order chi connectivity index (χ0) is 21.2. The molecule has 5 nitrogen and oxygen atoms in total. The van der Waals surface area contributed by atoms with Crippen LogP contribution in [0, 0.1) is 0 Å². The molecule has 158 valence electrons. The molecule has 3 aromatic rings. The topological polar surface area (TPSA) is 48.0 Å². The Morgan fingerprint density at radius 2 is 1.55 bits per heavy atom. The van der Waals surface area contributed by atoms with E-state index < -0.39 is 0 Å². The quantitative estimate of drug-likeness (QED) is 0.619. The summed E-state index contributed by atoms with van der Waals surface area (Å²) in [7, 11) is 1.65. The smallest absolute Gasteiger partial charge is 0.231 e. The van der Waals surface area contributed by atoms with Gasteiger partial charge < -0.3 is 14.2 Å². The Morgan fingerprint density at radius 3 is 2.29 bits per heavy atom. The van der Waals surface area contributed by atoms with E-state index in [4.69, 9.17) is 14.2 Å². The maximum atomic E-state index is 13.6. The number of benzene rings is 3. The molecule has 1 fully saturated rings. The van der Waals surface area contributed by atoms with Gasteiger partial charge in [0.2, 0.25) is 6.79 Å². The first-order valence-electron chi connectivity index (χ1n) is 10.5. The highest BCUT2D eigenvalue weighted by molar-refractivity contribution is 5.93. The summed E-state index contributed by atoms with van der Waals surface area (Å²) in [5, 5.41) is 0. The summed E-state index contributed by atoms with van der Waals surface area (Å²) in [6, 6.07) is 24.1. The van der Waals surface area contributed by atoms with Crippen molar-refractivity contribution in [2.45, 2.75) is 18.4 Å². The van der Waals surface area contributed by atoms with Gasteiger partial charge in [-0.1, -0.05) is 48.5 Å². The molecule has 2 atom stereocenters. The number of carbonyl (C=O) groups excluding carboxylic acids is 1. The van der Waals surface area contributed by atoms with Crippen LogP contribution in [0.4, 0.5) is 0 Å². The number of carbonyl (C=O) groups is 1. The second-order valence-electron chi connectivity index (χ2n) is 8.07. The highest BCUT2D eigenvalue weighted by Crippen LogP contribution is 2.39. The second-order valence-corrected chi connectivity index (χ2v) is 8.07. The number of likely N-dealkylation sites (tertiary alicyclic amines) is 1. The van der Waals surface area contributed by atoms with Crippen molar-refractivity contribution in [1.29, 1.82) is 0 Å². The third kappa shape index (κ3) is 4.01. The largest absolute Gasteiger partial charge is 0.497 e. The van der Waals surface area contributed by atoms with Crippen LogP contribution < -0.4 is 14.2 Å². The van der Waals surface area contributed by atoms with E-state index in [1.54, 1.807) is 7.11 Å². The molecule has 3 aromatic carbocycles. The van der Waals surface area contributed by atoms with Crippen molar-refractivity contribution >= 4 is 5.78 Å². The van der Waals surface area contributed by atoms with E-state index in [-0.39, 0.29) is 24.4 Å². The fourth-order valence-corrected chi connectivity index (χ4v) is 4.49. The third-order valence-electron chi connectivity index (χ3n) is 6.13. The summed E-state index contributed by atoms with van der Waals surface area (Å²) < 4.78 is 16.3. The number of ketones is 1. The summed E-state index contributed by atoms with van der Waals surface area (Å²) in [6.07, 6.45) is 0. The van der Waals surface area contributed by atoms with E-state index in [9.17, 15) is 4.79 Å². The van der Waals surface area contributed by atoms with Gasteiger partial charge in [-0.2, -0.15) is 0 Å². The van der Waals surface area contributed by atoms with Crippen molar-refractivity contribution in [1.82, 2.24) is 4.90 Å². The summed E-state index contributed by atoms with van der Waals surface area (Å²) >= 11 is 0. The van der Waals surface area contributed by atoms with Crippen LogP contribution in [0.2, 0.25) is 0 Å². The van der Waals surface area contributed by atoms with E-state index in [0.29, 0.717) is 18.8 Å². The molecule has 0 spiro atoms. The minimum absolute atomic E-state index is 0.196. The lowest BCUT2D eigenvalue weighted by molar-refractivity contribution is -0.125. The Balaban J connectivity index is 1.47. The monoisotopic (exact) mass is 415 g/mol. The van der Waals surface area contributed by atoms with Gasteiger partial charge >= 0.3 is 0 Å². The predicted octanol–water partition coefficient (Wildman–Crippen LogP) is 4.38. The zero-order valence-electron chi connectivity index (χ0n) is 17.5. The molecule has 0 saturated carbocycles. The first kappa shape index (κ1) is 19.6. The van der Waals surface area contributed by atoms with Gasteiger partial charge in [0.25, 0.3) is 0 Å². The van der Waals surface area contributed by atoms with E-state index in [0.717, 1.165) is 29.2 Å². The van der Waals surface area contributed by atoms with E-state index >= 15 is 0 Å². The van der Waals surface area contributed by atoms with Crippen LogP contribution in [0.15, 0.2) is 72.8 Å². The SMILES string of the molecule is COc1ccc(C2CN(Cc3ccccc3)CC(c3ccc4c(c3)OCO4)C2=O)cc1. The Labute approximate surface area is 182 Å². The van der Waals surface area contributed by atoms with Gasteiger partial charge in [-0.25, -0.2) is 0 Å². The van der Waals surface area contributed by atoms with Crippen molar-refractivity contribution in [3.8, 4) is 17.2 Å². The predicted molar refractivity (Wildman–Crippen MR) is 118 cm³/mol. The second kappa shape index (κ2) is 8.44. The molecule has 2 heterocycles. The van der Waals surface area contributed by atoms with Crippen LogP contribution in [-0.4, -0.2) is 37.7 Å². The lowest BCUT2D eigenvalue weighted by atomic mass is 9.79. The van der Waals surface area contributed by atoms with E-state index in [2.05, 4.69) is 29.2 Å². The van der Waals surface area contributed by atoms with E-state index in [1.165, 1.54) is 5.56 Å². The number of methoxy groups -OCH3 is 1. The van der Waals surface area contributed by atoms with Crippen molar-refractivity contribution in [3.63, 3.8) is 0 Å². The fraction of sp³-hybridized carbons (Fsp3) is 0.269. The zero-order valence-corrected chi connectivity index (χ0v) is 17.5. The highest BCUT2D eigenvalue weighted by Gasteiger charge is 2.37. The molecule has 2 unspecified atom stereocenters. The minimum atomic E-state index is -0.223. The van der Waals surface area contributed by atoms with Gasteiger partial charge in [0.15, 0.2) is 11.5 Å². The molecule has 2 aliphatic heterocycles. The van der Waals surface area contributed by atoms with Crippen LogP contribution in [0.5, 0.6) is 17.2 Å². The van der Waals surface area contributed by atoms with Gasteiger partial charge in [0, 0.05) is 19.6 Å². The molecular formula is C26H25NO4. The number of hydrogen-bond donors (Lipinski definition) is 0. The van der Waals surface area contributed by atoms with Crippen LogP contribution in [0.25, 0.3) is 0 Å². The number of rotatable bonds is 5. The maximum absolute atomic E-state index is 13.6. The van der Waals surface area contributed by atoms with Gasteiger partial charge in [0.05, 0.1) is 18.9 Å². The number of nitrogens with zero attached hydrogens (tertiary/aromatic N) is 1. The van der Waals surface area contributed by atoms with Gasteiger partial charge in [0.1, 0.15) is 11.5 Å².